The van der Waals surface area contributed by atoms with E-state index in [1.807, 2.05) is 16.8 Å². The molecule has 1 saturated heterocycles. The van der Waals surface area contributed by atoms with Gasteiger partial charge < -0.3 is 14.8 Å². The summed E-state index contributed by atoms with van der Waals surface area (Å²) < 4.78 is 12.6. The van der Waals surface area contributed by atoms with Gasteiger partial charge in [-0.05, 0) is 45.7 Å². The zero-order chi connectivity index (χ0) is 18.5. The highest BCUT2D eigenvalue weighted by Gasteiger charge is 2.26. The number of nitrogens with zero attached hydrogens (tertiary/aromatic N) is 3. The Kier molecular flexibility index (Phi) is 5.88. The van der Waals surface area contributed by atoms with E-state index >= 15 is 0 Å². The molecule has 0 spiro atoms. The maximum absolute atomic E-state index is 12.4. The van der Waals surface area contributed by atoms with Crippen LogP contribution in [0.1, 0.15) is 50.0 Å². The fourth-order valence-corrected chi connectivity index (χ4v) is 3.13. The molecule has 1 aliphatic heterocycles. The standard InChI is InChI=1S/C19H26N4O3/c1-4-26-19(24)16-12-21-23(15-7-9-25-10-8-15)18(16)14-5-6-17(20-11-14)22-13(2)3/h5-6,11-13,15H,4,7-10H2,1-3H3,(H,20,22). The number of carbonyl (C=O) groups is 1. The van der Waals surface area contributed by atoms with Crippen LogP contribution < -0.4 is 5.32 Å². The average molecular weight is 358 g/mol. The Balaban J connectivity index is 1.98. The lowest BCUT2D eigenvalue weighted by molar-refractivity contribution is 0.0526. The van der Waals surface area contributed by atoms with E-state index in [1.165, 1.54) is 0 Å². The van der Waals surface area contributed by atoms with Crippen LogP contribution in [0.4, 0.5) is 5.82 Å². The van der Waals surface area contributed by atoms with E-state index in [9.17, 15) is 4.79 Å². The summed E-state index contributed by atoms with van der Waals surface area (Å²) >= 11 is 0. The number of hydrogen-bond acceptors (Lipinski definition) is 6. The highest BCUT2D eigenvalue weighted by atomic mass is 16.5. The van der Waals surface area contributed by atoms with E-state index < -0.39 is 0 Å². The molecule has 0 amide bonds. The van der Waals surface area contributed by atoms with Gasteiger partial charge in [-0.2, -0.15) is 5.10 Å². The van der Waals surface area contributed by atoms with Crippen LogP contribution in [0.15, 0.2) is 24.5 Å². The molecule has 2 aromatic heterocycles. The number of esters is 1. The zero-order valence-corrected chi connectivity index (χ0v) is 15.6. The number of ether oxygens (including phenoxy) is 2. The number of nitrogens with one attached hydrogen (secondary N) is 1. The Morgan fingerprint density at radius 1 is 1.35 bits per heavy atom. The van der Waals surface area contributed by atoms with Crippen LogP contribution >= 0.6 is 0 Å². The maximum atomic E-state index is 12.4. The molecule has 0 radical (unpaired) electrons. The number of hydrogen-bond donors (Lipinski definition) is 1. The van der Waals surface area contributed by atoms with Crippen LogP contribution in [-0.2, 0) is 9.47 Å². The van der Waals surface area contributed by atoms with Crippen molar-refractivity contribution in [3.63, 3.8) is 0 Å². The number of carbonyl (C=O) groups excluding carboxylic acids is 1. The van der Waals surface area contributed by atoms with Gasteiger partial charge in [0.1, 0.15) is 11.4 Å². The summed E-state index contributed by atoms with van der Waals surface area (Å²) in [7, 11) is 0. The third-order valence-corrected chi connectivity index (χ3v) is 4.30. The Bertz CT molecular complexity index is 734. The van der Waals surface area contributed by atoms with Crippen LogP contribution in [-0.4, -0.2) is 46.6 Å². The molecule has 0 aromatic carbocycles. The van der Waals surface area contributed by atoms with E-state index in [-0.39, 0.29) is 12.0 Å². The largest absolute Gasteiger partial charge is 0.462 e. The molecule has 0 atom stereocenters. The molecule has 0 unspecified atom stereocenters. The molecule has 3 heterocycles. The van der Waals surface area contributed by atoms with Crippen LogP contribution in [0.5, 0.6) is 0 Å². The zero-order valence-electron chi connectivity index (χ0n) is 15.6. The highest BCUT2D eigenvalue weighted by Crippen LogP contribution is 2.31. The Morgan fingerprint density at radius 2 is 2.12 bits per heavy atom. The molecular weight excluding hydrogens is 332 g/mol. The quantitative estimate of drug-likeness (QED) is 0.798. The third kappa shape index (κ3) is 4.04. The summed E-state index contributed by atoms with van der Waals surface area (Å²) in [6, 6.07) is 4.39. The maximum Gasteiger partial charge on any atom is 0.341 e. The minimum atomic E-state index is -0.356. The van der Waals surface area contributed by atoms with Gasteiger partial charge in [0.25, 0.3) is 0 Å². The van der Waals surface area contributed by atoms with Crippen molar-refractivity contribution in [1.29, 1.82) is 0 Å². The van der Waals surface area contributed by atoms with Crippen molar-refractivity contribution in [2.24, 2.45) is 0 Å². The van der Waals surface area contributed by atoms with Crippen molar-refractivity contribution in [2.45, 2.75) is 45.7 Å². The molecular formula is C19H26N4O3. The van der Waals surface area contributed by atoms with Gasteiger partial charge in [0.05, 0.1) is 24.5 Å². The van der Waals surface area contributed by atoms with E-state index in [2.05, 4.69) is 29.2 Å². The number of anilines is 1. The summed E-state index contributed by atoms with van der Waals surface area (Å²) in [5.74, 6) is 0.448. The van der Waals surface area contributed by atoms with E-state index in [4.69, 9.17) is 9.47 Å². The lowest BCUT2D eigenvalue weighted by Gasteiger charge is -2.24. The molecule has 140 valence electrons. The fraction of sp³-hybridized carbons (Fsp3) is 0.526. The molecule has 1 aliphatic rings. The van der Waals surface area contributed by atoms with Crippen LogP contribution in [0.25, 0.3) is 11.3 Å². The Labute approximate surface area is 153 Å². The first-order chi connectivity index (χ1) is 12.6. The second-order valence-electron chi connectivity index (χ2n) is 6.65. The fourth-order valence-electron chi connectivity index (χ4n) is 3.13. The Hall–Kier alpha value is -2.41. The molecule has 3 rings (SSSR count). The molecule has 2 aromatic rings. The van der Waals surface area contributed by atoms with Gasteiger partial charge >= 0.3 is 5.97 Å². The summed E-state index contributed by atoms with van der Waals surface area (Å²) in [4.78, 5) is 16.9. The first kappa shape index (κ1) is 18.4. The van der Waals surface area contributed by atoms with Gasteiger partial charge in [0.2, 0.25) is 0 Å². The molecule has 0 aliphatic carbocycles. The van der Waals surface area contributed by atoms with Gasteiger partial charge in [-0.25, -0.2) is 9.78 Å². The highest BCUT2D eigenvalue weighted by molar-refractivity contribution is 5.96. The van der Waals surface area contributed by atoms with Crippen molar-refractivity contribution < 1.29 is 14.3 Å². The molecule has 26 heavy (non-hydrogen) atoms. The summed E-state index contributed by atoms with van der Waals surface area (Å²) in [6.45, 7) is 7.66. The van der Waals surface area contributed by atoms with E-state index in [0.29, 0.717) is 31.4 Å². The third-order valence-electron chi connectivity index (χ3n) is 4.30. The Morgan fingerprint density at radius 3 is 2.73 bits per heavy atom. The van der Waals surface area contributed by atoms with Crippen LogP contribution in [0.3, 0.4) is 0 Å². The SMILES string of the molecule is CCOC(=O)c1cnn(C2CCOCC2)c1-c1ccc(NC(C)C)nc1. The topological polar surface area (TPSA) is 78.3 Å². The molecule has 7 heteroatoms. The average Bonchev–Trinajstić information content (AvgIpc) is 3.08. The van der Waals surface area contributed by atoms with Gasteiger partial charge in [-0.15, -0.1) is 0 Å². The summed E-state index contributed by atoms with van der Waals surface area (Å²) in [5, 5.41) is 7.78. The van der Waals surface area contributed by atoms with Gasteiger partial charge in [-0.3, -0.25) is 4.68 Å². The summed E-state index contributed by atoms with van der Waals surface area (Å²) in [5.41, 5.74) is 2.09. The van der Waals surface area contributed by atoms with Gasteiger partial charge in [0.15, 0.2) is 0 Å². The van der Waals surface area contributed by atoms with Crippen molar-refractivity contribution in [2.75, 3.05) is 25.1 Å². The van der Waals surface area contributed by atoms with Gasteiger partial charge in [-0.1, -0.05) is 0 Å². The normalized spacial score (nSPS) is 15.2. The first-order valence-electron chi connectivity index (χ1n) is 9.15. The lowest BCUT2D eigenvalue weighted by Crippen LogP contribution is -2.21. The number of pyridine rings is 1. The van der Waals surface area contributed by atoms with E-state index in [1.54, 1.807) is 19.3 Å². The van der Waals surface area contributed by atoms with Crippen molar-refractivity contribution >= 4 is 11.8 Å². The second-order valence-corrected chi connectivity index (χ2v) is 6.65. The molecule has 0 bridgehead atoms. The van der Waals surface area contributed by atoms with Gasteiger partial charge in [0, 0.05) is 31.0 Å². The minimum absolute atomic E-state index is 0.204. The van der Waals surface area contributed by atoms with Crippen LogP contribution in [0.2, 0.25) is 0 Å². The monoisotopic (exact) mass is 358 g/mol. The van der Waals surface area contributed by atoms with E-state index in [0.717, 1.165) is 29.9 Å². The smallest absolute Gasteiger partial charge is 0.341 e. The summed E-state index contributed by atoms with van der Waals surface area (Å²) in [6.07, 6.45) is 5.12. The van der Waals surface area contributed by atoms with Crippen LogP contribution in [0, 0.1) is 0 Å². The molecule has 0 saturated carbocycles. The van der Waals surface area contributed by atoms with Crippen molar-refractivity contribution in [3.05, 3.63) is 30.1 Å². The molecule has 7 nitrogen and oxygen atoms in total. The predicted molar refractivity (Wildman–Crippen MR) is 99.3 cm³/mol. The first-order valence-corrected chi connectivity index (χ1v) is 9.15. The van der Waals surface area contributed by atoms with Crippen molar-refractivity contribution in [1.82, 2.24) is 14.8 Å². The molecule has 1 fully saturated rings. The number of aromatic nitrogens is 3. The second kappa shape index (κ2) is 8.31. The predicted octanol–water partition coefficient (Wildman–Crippen LogP) is 3.29. The lowest BCUT2D eigenvalue weighted by atomic mass is 10.1. The molecule has 1 N–H and O–H groups in total. The van der Waals surface area contributed by atoms with Crippen molar-refractivity contribution in [3.8, 4) is 11.3 Å². The number of rotatable bonds is 6. The minimum Gasteiger partial charge on any atom is -0.462 e.